The summed E-state index contributed by atoms with van der Waals surface area (Å²) < 4.78 is 1.89. The summed E-state index contributed by atoms with van der Waals surface area (Å²) in [5.41, 5.74) is 1.97. The van der Waals surface area contributed by atoms with E-state index in [0.717, 1.165) is 11.4 Å². The van der Waals surface area contributed by atoms with Crippen molar-refractivity contribution in [2.45, 2.75) is 19.9 Å². The number of imidazole rings is 1. The zero-order valence-corrected chi connectivity index (χ0v) is 10.1. The van der Waals surface area contributed by atoms with E-state index in [1.54, 1.807) is 12.5 Å². The minimum atomic E-state index is 0.398. The van der Waals surface area contributed by atoms with Crippen molar-refractivity contribution in [1.82, 2.24) is 9.55 Å². The largest absolute Gasteiger partial charge is 0.383 e. The van der Waals surface area contributed by atoms with Crippen LogP contribution in [-0.2, 0) is 0 Å². The Morgan fingerprint density at radius 2 is 2.19 bits per heavy atom. The first-order chi connectivity index (χ1) is 7.66. The van der Waals surface area contributed by atoms with E-state index < -0.39 is 0 Å². The quantitative estimate of drug-likeness (QED) is 0.884. The van der Waals surface area contributed by atoms with Crippen molar-refractivity contribution in [3.63, 3.8) is 0 Å². The summed E-state index contributed by atoms with van der Waals surface area (Å²) in [5.74, 6) is 0. The zero-order valence-electron chi connectivity index (χ0n) is 9.31. The van der Waals surface area contributed by atoms with Crippen molar-refractivity contribution >= 4 is 17.3 Å². The Morgan fingerprint density at radius 3 is 2.75 bits per heavy atom. The molecule has 0 radical (unpaired) electrons. The van der Waals surface area contributed by atoms with E-state index in [2.05, 4.69) is 24.1 Å². The van der Waals surface area contributed by atoms with Gasteiger partial charge in [0, 0.05) is 24.1 Å². The lowest BCUT2D eigenvalue weighted by atomic mass is 10.2. The van der Waals surface area contributed by atoms with Crippen molar-refractivity contribution in [1.29, 1.82) is 0 Å². The topological polar surface area (TPSA) is 29.9 Å². The lowest BCUT2D eigenvalue weighted by Gasteiger charge is -2.12. The number of hydrogen-bond donors (Lipinski definition) is 1. The molecule has 0 spiro atoms. The number of hydrogen-bond acceptors (Lipinski definition) is 2. The molecular formula is C12H14ClN3. The fourth-order valence-electron chi connectivity index (χ4n) is 1.54. The summed E-state index contributed by atoms with van der Waals surface area (Å²) in [7, 11) is 0. The molecule has 0 saturated heterocycles. The predicted octanol–water partition coefficient (Wildman–Crippen LogP) is 3.35. The number of nitrogens with zero attached hydrogens (tertiary/aromatic N) is 2. The van der Waals surface area contributed by atoms with Crippen LogP contribution < -0.4 is 5.32 Å². The Labute approximate surface area is 100 Å². The van der Waals surface area contributed by atoms with Crippen LogP contribution in [0.2, 0.25) is 5.02 Å². The maximum atomic E-state index is 6.22. The molecule has 0 bridgehead atoms. The molecule has 0 aliphatic rings. The molecule has 1 N–H and O–H groups in total. The molecule has 0 fully saturated rings. The van der Waals surface area contributed by atoms with Crippen LogP contribution in [0, 0.1) is 0 Å². The minimum Gasteiger partial charge on any atom is -0.383 e. The second kappa shape index (κ2) is 4.58. The molecule has 2 aromatic rings. The molecule has 0 aliphatic carbocycles. The van der Waals surface area contributed by atoms with Crippen LogP contribution >= 0.6 is 11.6 Å². The fourth-order valence-corrected chi connectivity index (χ4v) is 1.82. The van der Waals surface area contributed by atoms with E-state index in [0.29, 0.717) is 11.1 Å². The van der Waals surface area contributed by atoms with Crippen LogP contribution in [-0.4, -0.2) is 15.6 Å². The van der Waals surface area contributed by atoms with Gasteiger partial charge in [0.1, 0.15) is 0 Å². The number of nitrogens with one attached hydrogen (secondary N) is 1. The van der Waals surface area contributed by atoms with Gasteiger partial charge in [0.2, 0.25) is 0 Å². The molecule has 1 aromatic carbocycles. The van der Waals surface area contributed by atoms with Crippen molar-refractivity contribution < 1.29 is 0 Å². The van der Waals surface area contributed by atoms with Crippen LogP contribution in [0.4, 0.5) is 5.69 Å². The fraction of sp³-hybridized carbons (Fsp3) is 0.250. The summed E-state index contributed by atoms with van der Waals surface area (Å²) in [6.45, 7) is 4.19. The van der Waals surface area contributed by atoms with E-state index in [4.69, 9.17) is 11.6 Å². The standard InChI is InChI=1S/C12H14ClN3/c1-9(2)15-10-3-4-12(11(13)7-10)16-6-5-14-8-16/h3-9,15H,1-2H3. The highest BCUT2D eigenvalue weighted by atomic mass is 35.5. The molecule has 1 aromatic heterocycles. The van der Waals surface area contributed by atoms with Gasteiger partial charge < -0.3 is 9.88 Å². The maximum absolute atomic E-state index is 6.22. The highest BCUT2D eigenvalue weighted by Crippen LogP contribution is 2.24. The number of halogens is 1. The number of aromatic nitrogens is 2. The number of rotatable bonds is 3. The Kier molecular flexibility index (Phi) is 3.15. The molecule has 0 saturated carbocycles. The van der Waals surface area contributed by atoms with E-state index in [-0.39, 0.29) is 0 Å². The van der Waals surface area contributed by atoms with Gasteiger partial charge in [0.05, 0.1) is 17.0 Å². The van der Waals surface area contributed by atoms with Gasteiger partial charge in [-0.25, -0.2) is 4.98 Å². The van der Waals surface area contributed by atoms with Gasteiger partial charge >= 0.3 is 0 Å². The van der Waals surface area contributed by atoms with Crippen LogP contribution in [0.1, 0.15) is 13.8 Å². The van der Waals surface area contributed by atoms with Crippen LogP contribution in [0.15, 0.2) is 36.9 Å². The third kappa shape index (κ3) is 2.36. The van der Waals surface area contributed by atoms with Gasteiger partial charge in [-0.05, 0) is 32.0 Å². The second-order valence-electron chi connectivity index (χ2n) is 3.94. The average molecular weight is 236 g/mol. The molecule has 84 valence electrons. The first-order valence-electron chi connectivity index (χ1n) is 5.21. The highest BCUT2D eigenvalue weighted by Gasteiger charge is 2.04. The van der Waals surface area contributed by atoms with E-state index in [1.165, 1.54) is 0 Å². The minimum absolute atomic E-state index is 0.398. The summed E-state index contributed by atoms with van der Waals surface area (Å²) in [5, 5.41) is 4.02. The molecular weight excluding hydrogens is 222 g/mol. The summed E-state index contributed by atoms with van der Waals surface area (Å²) in [6.07, 6.45) is 5.34. The normalized spacial score (nSPS) is 10.8. The summed E-state index contributed by atoms with van der Waals surface area (Å²) in [4.78, 5) is 4.00. The van der Waals surface area contributed by atoms with Gasteiger partial charge in [-0.3, -0.25) is 0 Å². The van der Waals surface area contributed by atoms with Gasteiger partial charge in [0.15, 0.2) is 0 Å². The van der Waals surface area contributed by atoms with Crippen LogP contribution in [0.3, 0.4) is 0 Å². The first kappa shape index (κ1) is 11.0. The molecule has 3 nitrogen and oxygen atoms in total. The SMILES string of the molecule is CC(C)Nc1ccc(-n2ccnc2)c(Cl)c1. The molecule has 4 heteroatoms. The molecule has 0 aliphatic heterocycles. The summed E-state index contributed by atoms with van der Waals surface area (Å²) >= 11 is 6.22. The van der Waals surface area contributed by atoms with E-state index >= 15 is 0 Å². The lowest BCUT2D eigenvalue weighted by molar-refractivity contribution is 0.899. The van der Waals surface area contributed by atoms with Crippen LogP contribution in [0.25, 0.3) is 5.69 Å². The lowest BCUT2D eigenvalue weighted by Crippen LogP contribution is -2.09. The third-order valence-electron chi connectivity index (χ3n) is 2.19. The predicted molar refractivity (Wildman–Crippen MR) is 67.3 cm³/mol. The van der Waals surface area contributed by atoms with Gasteiger partial charge in [-0.15, -0.1) is 0 Å². The Morgan fingerprint density at radius 1 is 1.38 bits per heavy atom. The third-order valence-corrected chi connectivity index (χ3v) is 2.49. The maximum Gasteiger partial charge on any atom is 0.0992 e. The van der Waals surface area contributed by atoms with Crippen molar-refractivity contribution in [2.75, 3.05) is 5.32 Å². The molecule has 16 heavy (non-hydrogen) atoms. The van der Waals surface area contributed by atoms with Gasteiger partial charge in [-0.2, -0.15) is 0 Å². The Hall–Kier alpha value is -1.48. The highest BCUT2D eigenvalue weighted by molar-refractivity contribution is 6.32. The summed E-state index contributed by atoms with van der Waals surface area (Å²) in [6, 6.07) is 6.32. The molecule has 1 heterocycles. The van der Waals surface area contributed by atoms with Crippen molar-refractivity contribution in [3.8, 4) is 5.69 Å². The van der Waals surface area contributed by atoms with Crippen LogP contribution in [0.5, 0.6) is 0 Å². The number of benzene rings is 1. The monoisotopic (exact) mass is 235 g/mol. The number of anilines is 1. The zero-order chi connectivity index (χ0) is 11.5. The molecule has 0 amide bonds. The molecule has 2 rings (SSSR count). The first-order valence-corrected chi connectivity index (χ1v) is 5.59. The van der Waals surface area contributed by atoms with E-state index in [1.807, 2.05) is 29.0 Å². The van der Waals surface area contributed by atoms with Crippen molar-refractivity contribution in [3.05, 3.63) is 41.9 Å². The smallest absolute Gasteiger partial charge is 0.0992 e. The van der Waals surface area contributed by atoms with Gasteiger partial charge in [0.25, 0.3) is 0 Å². The van der Waals surface area contributed by atoms with Gasteiger partial charge in [-0.1, -0.05) is 11.6 Å². The molecule has 0 unspecified atom stereocenters. The average Bonchev–Trinajstić information content (AvgIpc) is 2.69. The Bertz CT molecular complexity index is 463. The second-order valence-corrected chi connectivity index (χ2v) is 4.34. The Balaban J connectivity index is 2.30. The van der Waals surface area contributed by atoms with Crippen molar-refractivity contribution in [2.24, 2.45) is 0 Å². The van der Waals surface area contributed by atoms with E-state index in [9.17, 15) is 0 Å². The molecule has 0 atom stereocenters.